The van der Waals surface area contributed by atoms with E-state index in [0.717, 1.165) is 33.0 Å². The zero-order chi connectivity index (χ0) is 28.5. The summed E-state index contributed by atoms with van der Waals surface area (Å²) in [5, 5.41) is 3.14. The van der Waals surface area contributed by atoms with Crippen LogP contribution in [0.15, 0.2) is 91.0 Å². The first kappa shape index (κ1) is 25.9. The van der Waals surface area contributed by atoms with E-state index in [4.69, 9.17) is 34.6 Å². The van der Waals surface area contributed by atoms with Gasteiger partial charge in [0.2, 0.25) is 0 Å². The Morgan fingerprint density at radius 3 is 1.39 bits per heavy atom. The number of aromatic nitrogens is 8. The van der Waals surface area contributed by atoms with Crippen LogP contribution in [0, 0.1) is 0 Å². The molecule has 210 valence electrons. The maximum atomic E-state index is 11.4. The third-order valence-corrected chi connectivity index (χ3v) is 7.72. The first-order valence-electron chi connectivity index (χ1n) is 13.6. The molecule has 7 aromatic rings. The van der Waals surface area contributed by atoms with Gasteiger partial charge in [-0.3, -0.25) is 4.79 Å². The molecular formula is C33H18FeN8O2. The second-order valence-electron chi connectivity index (χ2n) is 10.1. The minimum Gasteiger partial charge on any atom is -0.428 e. The van der Waals surface area contributed by atoms with Gasteiger partial charge in [0.25, 0.3) is 6.47 Å². The number of nitrogens with one attached hydrogen (secondary N) is 2. The molecule has 11 heteroatoms. The molecule has 10 nitrogen and oxygen atoms in total. The fourth-order valence-electron chi connectivity index (χ4n) is 5.81. The molecule has 0 spiro atoms. The molecule has 2 N–H and O–H groups in total. The first-order chi connectivity index (χ1) is 21.2. The molecule has 9 rings (SSSR count). The second kappa shape index (κ2) is 9.91. The Balaban J connectivity index is 0.00000289. The smallest absolute Gasteiger partial charge is 0.298 e. The summed E-state index contributed by atoms with van der Waals surface area (Å²) in [5.41, 5.74) is 5.62. The van der Waals surface area contributed by atoms with Gasteiger partial charge in [0.15, 0.2) is 23.3 Å². The summed E-state index contributed by atoms with van der Waals surface area (Å²) in [6, 6.07) is 29.1. The van der Waals surface area contributed by atoms with E-state index in [2.05, 4.69) is 9.97 Å². The van der Waals surface area contributed by atoms with Crippen LogP contribution >= 0.6 is 0 Å². The molecule has 0 atom stereocenters. The SMILES string of the molecule is O=COc1cccc2c3nc4nc(nc5[nH]c(nc6nc(nc([nH]3)c12)-c1ccccc1-6)c1ccccc51)-c1ccccc1-4.[Fe]. The minimum absolute atomic E-state index is 0. The van der Waals surface area contributed by atoms with E-state index in [-0.39, 0.29) is 17.1 Å². The van der Waals surface area contributed by atoms with Crippen LogP contribution in [0.1, 0.15) is 0 Å². The predicted octanol–water partition coefficient (Wildman–Crippen LogP) is 6.40. The molecule has 0 radical (unpaired) electrons. The normalized spacial score (nSPS) is 11.5. The number of aromatic amines is 2. The van der Waals surface area contributed by atoms with Gasteiger partial charge in [-0.15, -0.1) is 0 Å². The minimum atomic E-state index is 0. The molecule has 2 aliphatic rings. The van der Waals surface area contributed by atoms with Gasteiger partial charge in [-0.05, 0) is 6.07 Å². The summed E-state index contributed by atoms with van der Waals surface area (Å²) >= 11 is 0. The average Bonchev–Trinajstić information content (AvgIpc) is 3.77. The number of hydrogen-bond donors (Lipinski definition) is 2. The topological polar surface area (TPSA) is 135 Å². The summed E-state index contributed by atoms with van der Waals surface area (Å²) in [7, 11) is 0. The van der Waals surface area contributed by atoms with E-state index in [1.165, 1.54) is 0 Å². The maximum absolute atomic E-state index is 11.4. The standard InChI is InChI=1S/C33H18N8O2.Fe/c42-16-43-24-15-7-14-23-25(24)33-40-31-22-13-6-5-12-21(22)29(38-31)36-27-18-9-2-1-8-17(18)26(34-27)35-28-19-10-3-4-11-20(19)30(37-28)39-32(23)41-33;/h1-16H,(H2,34,35,36,37,38,39,40,41);. The molecule has 3 aromatic heterocycles. The van der Waals surface area contributed by atoms with Crippen molar-refractivity contribution >= 4 is 50.6 Å². The first-order valence-corrected chi connectivity index (χ1v) is 13.6. The molecular weight excluding hydrogens is 596 g/mol. The van der Waals surface area contributed by atoms with Crippen LogP contribution < -0.4 is 4.74 Å². The fraction of sp³-hybridized carbons (Fsp3) is 0. The summed E-state index contributed by atoms with van der Waals surface area (Å²) in [6.07, 6.45) is 0. The number of fused-ring (bicyclic) bond motifs is 20. The Hall–Kier alpha value is -5.77. The van der Waals surface area contributed by atoms with Crippen LogP contribution in [0.3, 0.4) is 0 Å². The summed E-state index contributed by atoms with van der Waals surface area (Å²) in [5.74, 6) is 2.37. The molecule has 5 heterocycles. The van der Waals surface area contributed by atoms with Crippen LogP contribution in [0.5, 0.6) is 5.75 Å². The number of nitrogens with zero attached hydrogens (tertiary/aromatic N) is 6. The van der Waals surface area contributed by atoms with Gasteiger partial charge in [0.05, 0.1) is 5.39 Å². The number of benzene rings is 4. The Kier molecular flexibility index (Phi) is 5.83. The largest absolute Gasteiger partial charge is 0.428 e. The van der Waals surface area contributed by atoms with E-state index in [9.17, 15) is 4.79 Å². The molecule has 4 aromatic carbocycles. The van der Waals surface area contributed by atoms with Crippen LogP contribution in [-0.4, -0.2) is 46.3 Å². The van der Waals surface area contributed by atoms with Crippen LogP contribution in [0.4, 0.5) is 0 Å². The van der Waals surface area contributed by atoms with Gasteiger partial charge in [-0.1, -0.05) is 84.9 Å². The van der Waals surface area contributed by atoms with Gasteiger partial charge < -0.3 is 14.7 Å². The Labute approximate surface area is 258 Å². The second-order valence-corrected chi connectivity index (χ2v) is 10.1. The van der Waals surface area contributed by atoms with Crippen molar-refractivity contribution in [1.29, 1.82) is 0 Å². The Morgan fingerprint density at radius 1 is 0.477 bits per heavy atom. The van der Waals surface area contributed by atoms with E-state index in [1.807, 2.05) is 78.9 Å². The molecule has 44 heavy (non-hydrogen) atoms. The van der Waals surface area contributed by atoms with Gasteiger partial charge in [0, 0.05) is 55.5 Å². The molecule has 0 saturated heterocycles. The van der Waals surface area contributed by atoms with E-state index in [1.54, 1.807) is 12.1 Å². The van der Waals surface area contributed by atoms with E-state index < -0.39 is 0 Å². The maximum Gasteiger partial charge on any atom is 0.298 e. The van der Waals surface area contributed by atoms with Crippen molar-refractivity contribution in [2.24, 2.45) is 0 Å². The zero-order valence-electron chi connectivity index (χ0n) is 22.6. The molecule has 0 fully saturated rings. The molecule has 0 saturated carbocycles. The number of rotatable bonds is 2. The monoisotopic (exact) mass is 614 g/mol. The zero-order valence-corrected chi connectivity index (χ0v) is 23.7. The van der Waals surface area contributed by atoms with E-state index in [0.29, 0.717) is 68.9 Å². The van der Waals surface area contributed by atoms with Crippen molar-refractivity contribution in [3.63, 3.8) is 0 Å². The van der Waals surface area contributed by atoms with Gasteiger partial charge in [-0.2, -0.15) is 0 Å². The van der Waals surface area contributed by atoms with E-state index >= 15 is 0 Å². The van der Waals surface area contributed by atoms with Gasteiger partial charge in [-0.25, -0.2) is 29.9 Å². The summed E-state index contributed by atoms with van der Waals surface area (Å²) < 4.78 is 5.37. The molecule has 2 aliphatic heterocycles. The van der Waals surface area contributed by atoms with Crippen LogP contribution in [0.2, 0.25) is 0 Å². The quantitative estimate of drug-likeness (QED) is 0.169. The van der Waals surface area contributed by atoms with Gasteiger partial charge in [0.1, 0.15) is 28.3 Å². The van der Waals surface area contributed by atoms with Crippen LogP contribution in [-0.2, 0) is 21.9 Å². The van der Waals surface area contributed by atoms with Crippen molar-refractivity contribution in [2.45, 2.75) is 0 Å². The van der Waals surface area contributed by atoms with Crippen molar-refractivity contribution in [2.75, 3.05) is 0 Å². The van der Waals surface area contributed by atoms with Crippen molar-refractivity contribution < 1.29 is 26.6 Å². The third-order valence-electron chi connectivity index (χ3n) is 7.72. The molecule has 0 aliphatic carbocycles. The third kappa shape index (κ3) is 3.84. The predicted molar refractivity (Wildman–Crippen MR) is 163 cm³/mol. The molecule has 0 amide bonds. The number of hydrogen-bond acceptors (Lipinski definition) is 8. The molecule has 0 unspecified atom stereocenters. The van der Waals surface area contributed by atoms with Gasteiger partial charge >= 0.3 is 0 Å². The average molecular weight is 614 g/mol. The van der Waals surface area contributed by atoms with Crippen LogP contribution in [0.25, 0.3) is 89.7 Å². The van der Waals surface area contributed by atoms with Crippen molar-refractivity contribution in [3.8, 4) is 51.3 Å². The van der Waals surface area contributed by atoms with Crippen molar-refractivity contribution in [3.05, 3.63) is 91.0 Å². The number of carbonyl (C=O) groups excluding carboxylic acids is 1. The van der Waals surface area contributed by atoms with Crippen molar-refractivity contribution in [1.82, 2.24) is 39.9 Å². The number of carbonyl (C=O) groups is 1. The summed E-state index contributed by atoms with van der Waals surface area (Å²) in [4.78, 5) is 47.9. The number of ether oxygens (including phenoxy) is 1. The summed E-state index contributed by atoms with van der Waals surface area (Å²) in [6.45, 7) is 0.403. The molecule has 8 bridgehead atoms. The fourth-order valence-corrected chi connectivity index (χ4v) is 5.81. The number of H-pyrrole nitrogens is 2. The Morgan fingerprint density at radius 2 is 0.886 bits per heavy atom. The Bertz CT molecular complexity index is 2480.